The van der Waals surface area contributed by atoms with Gasteiger partial charge in [-0.25, -0.2) is 4.98 Å². The van der Waals surface area contributed by atoms with Gasteiger partial charge in [0.05, 0.1) is 17.6 Å². The molecule has 1 aromatic heterocycles. The summed E-state index contributed by atoms with van der Waals surface area (Å²) in [5.74, 6) is 0.468. The van der Waals surface area contributed by atoms with E-state index < -0.39 is 0 Å². The number of hydrogen-bond donors (Lipinski definition) is 0. The molecule has 3 aromatic rings. The minimum absolute atomic E-state index is 0.0794. The van der Waals surface area contributed by atoms with Crippen LogP contribution >= 0.6 is 0 Å². The molecule has 1 amide bonds. The van der Waals surface area contributed by atoms with Gasteiger partial charge in [0.1, 0.15) is 12.4 Å². The Morgan fingerprint density at radius 2 is 1.97 bits per heavy atom. The zero-order valence-electron chi connectivity index (χ0n) is 17.0. The van der Waals surface area contributed by atoms with Gasteiger partial charge in [-0.2, -0.15) is 0 Å². The second kappa shape index (κ2) is 7.70. The number of imidazole rings is 1. The number of amides is 1. The van der Waals surface area contributed by atoms with Gasteiger partial charge in [-0.15, -0.1) is 0 Å². The Morgan fingerprint density at radius 1 is 1.17 bits per heavy atom. The highest BCUT2D eigenvalue weighted by Crippen LogP contribution is 2.35. The molecule has 2 aromatic carbocycles. The number of aryl methyl sites for hydroxylation is 1. The molecule has 4 rings (SSSR count). The average Bonchev–Trinajstić information content (AvgIpc) is 3.25. The second-order valence-electron chi connectivity index (χ2n) is 7.47. The average molecular weight is 391 g/mol. The van der Waals surface area contributed by atoms with Crippen molar-refractivity contribution in [2.45, 2.75) is 39.7 Å². The van der Waals surface area contributed by atoms with Gasteiger partial charge in [-0.05, 0) is 50.1 Å². The molecule has 2 heterocycles. The highest BCUT2D eigenvalue weighted by Gasteiger charge is 2.35. The molecule has 0 spiro atoms. The summed E-state index contributed by atoms with van der Waals surface area (Å²) in [6.07, 6.45) is 0.375. The summed E-state index contributed by atoms with van der Waals surface area (Å²) in [4.78, 5) is 31.7. The standard InChI is InChI=1S/C23H25N3O3/c1-4-29-22(28)14-26-20-10-6-5-9-18(20)24-23(26)17-12-21(27)25(13-17)19-11-7-8-15(2)16(19)3/h5-11,17H,4,12-14H2,1-3H3. The summed E-state index contributed by atoms with van der Waals surface area (Å²) in [7, 11) is 0. The minimum Gasteiger partial charge on any atom is -0.465 e. The normalized spacial score (nSPS) is 16.6. The summed E-state index contributed by atoms with van der Waals surface area (Å²) >= 11 is 0. The van der Waals surface area contributed by atoms with Gasteiger partial charge in [0.15, 0.2) is 0 Å². The van der Waals surface area contributed by atoms with Crippen LogP contribution in [0.5, 0.6) is 0 Å². The van der Waals surface area contributed by atoms with Gasteiger partial charge >= 0.3 is 5.97 Å². The van der Waals surface area contributed by atoms with Crippen molar-refractivity contribution in [3.63, 3.8) is 0 Å². The number of rotatable bonds is 5. The van der Waals surface area contributed by atoms with Gasteiger partial charge in [-0.1, -0.05) is 24.3 Å². The van der Waals surface area contributed by atoms with E-state index in [0.717, 1.165) is 33.7 Å². The van der Waals surface area contributed by atoms with E-state index in [9.17, 15) is 9.59 Å². The van der Waals surface area contributed by atoms with Crippen molar-refractivity contribution >= 4 is 28.6 Å². The van der Waals surface area contributed by atoms with Crippen LogP contribution in [0.2, 0.25) is 0 Å². The van der Waals surface area contributed by atoms with Gasteiger partial charge in [0.2, 0.25) is 5.91 Å². The number of anilines is 1. The fourth-order valence-corrected chi connectivity index (χ4v) is 4.05. The van der Waals surface area contributed by atoms with Crippen molar-refractivity contribution in [3.8, 4) is 0 Å². The number of ether oxygens (including phenoxy) is 1. The number of carbonyl (C=O) groups excluding carboxylic acids is 2. The molecular weight excluding hydrogens is 366 g/mol. The highest BCUT2D eigenvalue weighted by molar-refractivity contribution is 5.97. The fraction of sp³-hybridized carbons (Fsp3) is 0.348. The Labute approximate surface area is 170 Å². The lowest BCUT2D eigenvalue weighted by Crippen LogP contribution is -2.25. The zero-order chi connectivity index (χ0) is 20.5. The van der Waals surface area contributed by atoms with Crippen molar-refractivity contribution in [1.82, 2.24) is 9.55 Å². The van der Waals surface area contributed by atoms with Crippen LogP contribution in [0, 0.1) is 13.8 Å². The summed E-state index contributed by atoms with van der Waals surface area (Å²) in [5.41, 5.74) is 4.93. The van der Waals surface area contributed by atoms with Crippen molar-refractivity contribution in [3.05, 3.63) is 59.4 Å². The van der Waals surface area contributed by atoms with Crippen LogP contribution in [0.15, 0.2) is 42.5 Å². The van der Waals surface area contributed by atoms with Crippen molar-refractivity contribution < 1.29 is 14.3 Å². The highest BCUT2D eigenvalue weighted by atomic mass is 16.5. The predicted octanol–water partition coefficient (Wildman–Crippen LogP) is 3.74. The van der Waals surface area contributed by atoms with Crippen LogP contribution in [0.1, 0.15) is 36.2 Å². The number of aromatic nitrogens is 2. The van der Waals surface area contributed by atoms with E-state index in [0.29, 0.717) is 19.6 Å². The van der Waals surface area contributed by atoms with Crippen LogP contribution in [0.25, 0.3) is 11.0 Å². The molecule has 0 N–H and O–H groups in total. The van der Waals surface area contributed by atoms with E-state index in [-0.39, 0.29) is 24.3 Å². The number of para-hydroxylation sites is 2. The first kappa shape index (κ1) is 19.2. The minimum atomic E-state index is -0.299. The van der Waals surface area contributed by atoms with E-state index >= 15 is 0 Å². The molecule has 1 atom stereocenters. The summed E-state index contributed by atoms with van der Waals surface area (Å²) in [6.45, 7) is 6.87. The Morgan fingerprint density at radius 3 is 2.76 bits per heavy atom. The Balaban J connectivity index is 1.71. The lowest BCUT2D eigenvalue weighted by atomic mass is 10.1. The van der Waals surface area contributed by atoms with Gasteiger partial charge in [-0.3, -0.25) is 9.59 Å². The quantitative estimate of drug-likeness (QED) is 0.622. The second-order valence-corrected chi connectivity index (χ2v) is 7.47. The third kappa shape index (κ3) is 3.50. The van der Waals surface area contributed by atoms with Crippen molar-refractivity contribution in [2.24, 2.45) is 0 Å². The molecule has 0 radical (unpaired) electrons. The summed E-state index contributed by atoms with van der Waals surface area (Å²) in [5, 5.41) is 0. The van der Waals surface area contributed by atoms with Crippen LogP contribution in [0.3, 0.4) is 0 Å². The molecule has 6 nitrogen and oxygen atoms in total. The van der Waals surface area contributed by atoms with E-state index in [2.05, 4.69) is 13.0 Å². The number of benzene rings is 2. The summed E-state index contributed by atoms with van der Waals surface area (Å²) in [6, 6.07) is 13.8. The third-order valence-corrected chi connectivity index (χ3v) is 5.63. The molecule has 150 valence electrons. The van der Waals surface area contributed by atoms with E-state index in [4.69, 9.17) is 9.72 Å². The van der Waals surface area contributed by atoms with Gasteiger partial charge in [0.25, 0.3) is 0 Å². The van der Waals surface area contributed by atoms with Crippen molar-refractivity contribution in [2.75, 3.05) is 18.1 Å². The first-order valence-electron chi connectivity index (χ1n) is 9.97. The molecule has 1 saturated heterocycles. The maximum absolute atomic E-state index is 12.9. The first-order valence-corrected chi connectivity index (χ1v) is 9.97. The zero-order valence-corrected chi connectivity index (χ0v) is 17.0. The van der Waals surface area contributed by atoms with E-state index in [1.54, 1.807) is 6.92 Å². The SMILES string of the molecule is CCOC(=O)Cn1c(C2CC(=O)N(c3cccc(C)c3C)C2)nc2ccccc21. The van der Waals surface area contributed by atoms with Crippen LogP contribution in [0.4, 0.5) is 5.69 Å². The van der Waals surface area contributed by atoms with E-state index in [1.807, 2.05) is 52.8 Å². The topological polar surface area (TPSA) is 64.4 Å². The maximum atomic E-state index is 12.9. The van der Waals surface area contributed by atoms with Crippen LogP contribution in [-0.2, 0) is 20.9 Å². The third-order valence-electron chi connectivity index (χ3n) is 5.63. The molecule has 1 fully saturated rings. The molecule has 6 heteroatoms. The number of carbonyl (C=O) groups is 2. The molecule has 1 unspecified atom stereocenters. The lowest BCUT2D eigenvalue weighted by Gasteiger charge is -2.20. The van der Waals surface area contributed by atoms with Crippen LogP contribution in [-0.4, -0.2) is 34.6 Å². The summed E-state index contributed by atoms with van der Waals surface area (Å²) < 4.78 is 7.06. The van der Waals surface area contributed by atoms with Crippen LogP contribution < -0.4 is 4.90 Å². The first-order chi connectivity index (χ1) is 14.0. The van der Waals surface area contributed by atoms with Gasteiger partial charge in [0, 0.05) is 24.6 Å². The number of esters is 1. The molecule has 0 bridgehead atoms. The molecule has 0 saturated carbocycles. The molecule has 29 heavy (non-hydrogen) atoms. The Kier molecular flexibility index (Phi) is 5.09. The van der Waals surface area contributed by atoms with Crippen molar-refractivity contribution in [1.29, 1.82) is 0 Å². The molecule has 1 aliphatic rings. The maximum Gasteiger partial charge on any atom is 0.326 e. The molecule has 0 aliphatic carbocycles. The predicted molar refractivity (Wildman–Crippen MR) is 112 cm³/mol. The Bertz CT molecular complexity index is 1090. The smallest absolute Gasteiger partial charge is 0.326 e. The number of hydrogen-bond acceptors (Lipinski definition) is 4. The Hall–Kier alpha value is -3.15. The lowest BCUT2D eigenvalue weighted by molar-refractivity contribution is -0.143. The largest absolute Gasteiger partial charge is 0.465 e. The molecular formula is C23H25N3O3. The fourth-order valence-electron chi connectivity index (χ4n) is 4.05. The number of nitrogens with zero attached hydrogens (tertiary/aromatic N) is 3. The van der Waals surface area contributed by atoms with E-state index in [1.165, 1.54) is 0 Å². The van der Waals surface area contributed by atoms with Gasteiger partial charge < -0.3 is 14.2 Å². The molecule has 1 aliphatic heterocycles. The number of fused-ring (bicyclic) bond motifs is 1. The monoisotopic (exact) mass is 391 g/mol.